The first-order valence-corrected chi connectivity index (χ1v) is 10.0. The van der Waals surface area contributed by atoms with Gasteiger partial charge in [0.05, 0.1) is 11.3 Å². The van der Waals surface area contributed by atoms with Gasteiger partial charge < -0.3 is 24.6 Å². The third-order valence-corrected chi connectivity index (χ3v) is 5.85. The summed E-state index contributed by atoms with van der Waals surface area (Å²) in [6.45, 7) is 1.81. The molecule has 7 heteroatoms. The Morgan fingerprint density at radius 3 is 2.76 bits per heavy atom. The first-order chi connectivity index (χ1) is 14.1. The smallest absolute Gasteiger partial charge is 0.257 e. The molecule has 0 saturated carbocycles. The maximum Gasteiger partial charge on any atom is 0.257 e. The van der Waals surface area contributed by atoms with Crippen LogP contribution in [0.15, 0.2) is 36.4 Å². The highest BCUT2D eigenvalue weighted by atomic mass is 16.6. The van der Waals surface area contributed by atoms with Crippen LogP contribution in [0.5, 0.6) is 11.5 Å². The van der Waals surface area contributed by atoms with Gasteiger partial charge in [-0.2, -0.15) is 0 Å². The molecule has 0 aliphatic carbocycles. The molecule has 2 aromatic carbocycles. The van der Waals surface area contributed by atoms with E-state index in [2.05, 4.69) is 10.2 Å². The fourth-order valence-corrected chi connectivity index (χ4v) is 4.34. The maximum absolute atomic E-state index is 12.9. The number of rotatable bonds is 2. The number of anilines is 2. The van der Waals surface area contributed by atoms with Gasteiger partial charge in [0.15, 0.2) is 11.5 Å². The molecule has 29 heavy (non-hydrogen) atoms. The number of hydrogen-bond donors (Lipinski definition) is 1. The molecule has 0 bridgehead atoms. The molecular weight excluding hydrogens is 370 g/mol. The van der Waals surface area contributed by atoms with Crippen LogP contribution >= 0.6 is 0 Å². The SMILES string of the molecule is CN1c2cc(C(=O)Nc3ccc4c(c3)OCCO4)ccc2C(=O)N2CCCC[C@H]21. The van der Waals surface area contributed by atoms with Crippen molar-refractivity contribution in [1.82, 2.24) is 4.90 Å². The number of fused-ring (bicyclic) bond motifs is 3. The summed E-state index contributed by atoms with van der Waals surface area (Å²) < 4.78 is 11.1. The number of carbonyl (C=O) groups excluding carboxylic acids is 2. The third kappa shape index (κ3) is 3.06. The van der Waals surface area contributed by atoms with E-state index >= 15 is 0 Å². The fourth-order valence-electron chi connectivity index (χ4n) is 4.34. The van der Waals surface area contributed by atoms with Crippen molar-refractivity contribution in [3.8, 4) is 11.5 Å². The lowest BCUT2D eigenvalue weighted by Crippen LogP contribution is -2.55. The van der Waals surface area contributed by atoms with Crippen molar-refractivity contribution in [3.05, 3.63) is 47.5 Å². The minimum absolute atomic E-state index is 0.0570. The Bertz CT molecular complexity index is 990. The Morgan fingerprint density at radius 1 is 1.07 bits per heavy atom. The van der Waals surface area contributed by atoms with Gasteiger partial charge in [-0.3, -0.25) is 9.59 Å². The van der Waals surface area contributed by atoms with E-state index in [1.165, 1.54) is 0 Å². The summed E-state index contributed by atoms with van der Waals surface area (Å²) in [5.41, 5.74) is 2.62. The zero-order chi connectivity index (χ0) is 20.0. The van der Waals surface area contributed by atoms with Gasteiger partial charge in [-0.15, -0.1) is 0 Å². The second-order valence-corrected chi connectivity index (χ2v) is 7.63. The second kappa shape index (κ2) is 6.99. The van der Waals surface area contributed by atoms with E-state index in [9.17, 15) is 9.59 Å². The van der Waals surface area contributed by atoms with E-state index in [0.29, 0.717) is 41.5 Å². The Labute approximate surface area is 169 Å². The van der Waals surface area contributed by atoms with Crippen LogP contribution in [0, 0.1) is 0 Å². The molecule has 1 fully saturated rings. The number of nitrogens with zero attached hydrogens (tertiary/aromatic N) is 2. The molecule has 1 saturated heterocycles. The van der Waals surface area contributed by atoms with E-state index in [-0.39, 0.29) is 18.0 Å². The number of ether oxygens (including phenoxy) is 2. The molecule has 0 unspecified atom stereocenters. The molecule has 1 atom stereocenters. The third-order valence-electron chi connectivity index (χ3n) is 5.85. The Hall–Kier alpha value is -3.22. The van der Waals surface area contributed by atoms with Crippen LogP contribution in [0.3, 0.4) is 0 Å². The average molecular weight is 393 g/mol. The van der Waals surface area contributed by atoms with Crippen molar-refractivity contribution < 1.29 is 19.1 Å². The Kier molecular flexibility index (Phi) is 4.30. The highest BCUT2D eigenvalue weighted by Gasteiger charge is 2.37. The second-order valence-electron chi connectivity index (χ2n) is 7.63. The number of nitrogens with one attached hydrogen (secondary N) is 1. The fraction of sp³-hybridized carbons (Fsp3) is 0.364. The first kappa shape index (κ1) is 17.8. The number of piperidine rings is 1. The van der Waals surface area contributed by atoms with Gasteiger partial charge in [0.2, 0.25) is 0 Å². The normalized spacial score (nSPS) is 20.0. The molecular formula is C22H23N3O4. The van der Waals surface area contributed by atoms with Gasteiger partial charge in [-0.1, -0.05) is 0 Å². The number of hydrogen-bond acceptors (Lipinski definition) is 5. The van der Waals surface area contributed by atoms with Crippen molar-refractivity contribution in [1.29, 1.82) is 0 Å². The summed E-state index contributed by atoms with van der Waals surface area (Å²) >= 11 is 0. The van der Waals surface area contributed by atoms with Gasteiger partial charge in [0.25, 0.3) is 11.8 Å². The van der Waals surface area contributed by atoms with Gasteiger partial charge in [0.1, 0.15) is 19.4 Å². The van der Waals surface area contributed by atoms with Gasteiger partial charge in [0, 0.05) is 30.9 Å². The van der Waals surface area contributed by atoms with E-state index in [1.54, 1.807) is 30.3 Å². The van der Waals surface area contributed by atoms with E-state index in [1.807, 2.05) is 18.0 Å². The summed E-state index contributed by atoms with van der Waals surface area (Å²) in [7, 11) is 2.00. The molecule has 2 amide bonds. The number of benzene rings is 2. The zero-order valence-electron chi connectivity index (χ0n) is 16.3. The van der Waals surface area contributed by atoms with Crippen LogP contribution in [0.1, 0.15) is 40.0 Å². The molecule has 5 rings (SSSR count). The number of carbonyl (C=O) groups is 2. The average Bonchev–Trinajstić information content (AvgIpc) is 2.77. The van der Waals surface area contributed by atoms with Crippen molar-refractivity contribution >= 4 is 23.2 Å². The van der Waals surface area contributed by atoms with Gasteiger partial charge in [-0.05, 0) is 49.6 Å². The molecule has 0 radical (unpaired) electrons. The van der Waals surface area contributed by atoms with E-state index in [4.69, 9.17) is 9.47 Å². The van der Waals surface area contributed by atoms with Crippen LogP contribution < -0.4 is 19.7 Å². The van der Waals surface area contributed by atoms with Crippen LogP contribution in [0.2, 0.25) is 0 Å². The summed E-state index contributed by atoms with van der Waals surface area (Å²) in [6, 6.07) is 10.6. The van der Waals surface area contributed by atoms with Crippen LogP contribution in [0.25, 0.3) is 0 Å². The predicted octanol–water partition coefficient (Wildman–Crippen LogP) is 3.11. The molecule has 0 aromatic heterocycles. The lowest BCUT2D eigenvalue weighted by atomic mass is 9.97. The maximum atomic E-state index is 12.9. The van der Waals surface area contributed by atoms with Crippen molar-refractivity contribution in [2.75, 3.05) is 37.0 Å². The predicted molar refractivity (Wildman–Crippen MR) is 109 cm³/mol. The van der Waals surface area contributed by atoms with Crippen molar-refractivity contribution in [3.63, 3.8) is 0 Å². The molecule has 3 aliphatic rings. The molecule has 3 heterocycles. The van der Waals surface area contributed by atoms with Crippen molar-refractivity contribution in [2.45, 2.75) is 25.4 Å². The van der Waals surface area contributed by atoms with Gasteiger partial charge in [-0.25, -0.2) is 0 Å². The van der Waals surface area contributed by atoms with E-state index in [0.717, 1.165) is 31.5 Å². The zero-order valence-corrected chi connectivity index (χ0v) is 16.3. The monoisotopic (exact) mass is 393 g/mol. The highest BCUT2D eigenvalue weighted by molar-refractivity contribution is 6.08. The minimum atomic E-state index is -0.226. The molecule has 1 N–H and O–H groups in total. The van der Waals surface area contributed by atoms with E-state index < -0.39 is 0 Å². The van der Waals surface area contributed by atoms with Gasteiger partial charge >= 0.3 is 0 Å². The Balaban J connectivity index is 1.40. The minimum Gasteiger partial charge on any atom is -0.486 e. The Morgan fingerprint density at radius 2 is 1.90 bits per heavy atom. The molecule has 150 valence electrons. The lowest BCUT2D eigenvalue weighted by molar-refractivity contribution is 0.0589. The summed E-state index contributed by atoms with van der Waals surface area (Å²) in [5.74, 6) is 1.14. The molecule has 0 spiro atoms. The van der Waals surface area contributed by atoms with Crippen molar-refractivity contribution in [2.24, 2.45) is 0 Å². The largest absolute Gasteiger partial charge is 0.486 e. The van der Waals surface area contributed by atoms with Crippen LogP contribution in [-0.4, -0.2) is 49.7 Å². The topological polar surface area (TPSA) is 71.1 Å². The van der Waals surface area contributed by atoms with Crippen LogP contribution in [0.4, 0.5) is 11.4 Å². The standard InChI is InChI=1S/C22H23N3O4/c1-24-17-12-14(5-7-16(17)22(27)25-9-3-2-4-20(24)25)21(26)23-15-6-8-18-19(13-15)29-11-10-28-18/h5-8,12-13,20H,2-4,9-11H2,1H3,(H,23,26)/t20-/m0/s1. The molecule has 7 nitrogen and oxygen atoms in total. The quantitative estimate of drug-likeness (QED) is 0.849. The summed E-state index contributed by atoms with van der Waals surface area (Å²) in [6.07, 6.45) is 3.18. The summed E-state index contributed by atoms with van der Waals surface area (Å²) in [4.78, 5) is 29.8. The van der Waals surface area contributed by atoms with Crippen LogP contribution in [-0.2, 0) is 0 Å². The number of amides is 2. The lowest BCUT2D eigenvalue weighted by Gasteiger charge is -2.46. The first-order valence-electron chi connectivity index (χ1n) is 10.0. The molecule has 3 aliphatic heterocycles. The summed E-state index contributed by atoms with van der Waals surface area (Å²) in [5, 5.41) is 2.91. The molecule has 2 aromatic rings. The highest BCUT2D eigenvalue weighted by Crippen LogP contribution is 2.35.